The number of fused-ring (bicyclic) bond motifs is 1. The van der Waals surface area contributed by atoms with E-state index in [1.165, 1.54) is 6.20 Å². The fourth-order valence-electron chi connectivity index (χ4n) is 3.82. The van der Waals surface area contributed by atoms with E-state index in [-0.39, 0.29) is 11.1 Å². The van der Waals surface area contributed by atoms with Crippen molar-refractivity contribution in [1.29, 1.82) is 5.26 Å². The summed E-state index contributed by atoms with van der Waals surface area (Å²) >= 11 is 13.0. The van der Waals surface area contributed by atoms with Crippen LogP contribution in [-0.2, 0) is 18.2 Å². The van der Waals surface area contributed by atoms with Gasteiger partial charge < -0.3 is 14.2 Å². The highest BCUT2D eigenvalue weighted by Crippen LogP contribution is 2.32. The molecule has 6 nitrogen and oxygen atoms in total. The predicted octanol–water partition coefficient (Wildman–Crippen LogP) is 4.12. The second-order valence-electron chi connectivity index (χ2n) is 7.37. The van der Waals surface area contributed by atoms with Crippen molar-refractivity contribution < 1.29 is 9.53 Å². The smallest absolute Gasteiger partial charge is 0.257 e. The molecule has 0 aliphatic carbocycles. The molecular weight excluding hydrogens is 423 g/mol. The molecule has 1 aromatic carbocycles. The third-order valence-electron chi connectivity index (χ3n) is 5.54. The predicted molar refractivity (Wildman–Crippen MR) is 116 cm³/mol. The van der Waals surface area contributed by atoms with E-state index in [2.05, 4.69) is 17.1 Å². The number of halogens is 2. The van der Waals surface area contributed by atoms with Crippen LogP contribution in [0, 0.1) is 18.3 Å². The van der Waals surface area contributed by atoms with Crippen LogP contribution in [-0.4, -0.2) is 46.7 Å². The summed E-state index contributed by atoms with van der Waals surface area (Å²) in [5.41, 5.74) is 4.52. The lowest BCUT2D eigenvalue weighted by Gasteiger charge is -2.27. The molecule has 3 heterocycles. The highest BCUT2D eigenvalue weighted by Gasteiger charge is 2.24. The van der Waals surface area contributed by atoms with Gasteiger partial charge in [-0.05, 0) is 30.7 Å². The first-order chi connectivity index (χ1) is 14.4. The number of hydrogen-bond donors (Lipinski definition) is 0. The van der Waals surface area contributed by atoms with Crippen molar-refractivity contribution in [1.82, 2.24) is 14.5 Å². The number of rotatable bonds is 3. The van der Waals surface area contributed by atoms with Gasteiger partial charge in [0.15, 0.2) is 0 Å². The summed E-state index contributed by atoms with van der Waals surface area (Å²) in [6.07, 6.45) is 1.86. The minimum Gasteiger partial charge on any atom is -0.378 e. The third kappa shape index (κ3) is 3.65. The van der Waals surface area contributed by atoms with Gasteiger partial charge in [-0.2, -0.15) is 5.26 Å². The number of nitrogens with zero attached hydrogens (tertiary/aromatic N) is 4. The molecule has 1 aliphatic heterocycles. The number of amides is 1. The van der Waals surface area contributed by atoms with Gasteiger partial charge in [0.2, 0.25) is 0 Å². The lowest BCUT2D eigenvalue weighted by atomic mass is 10.1. The van der Waals surface area contributed by atoms with Gasteiger partial charge in [0, 0.05) is 54.9 Å². The van der Waals surface area contributed by atoms with E-state index in [0.717, 1.165) is 22.2 Å². The molecule has 3 aromatic rings. The fourth-order valence-corrected chi connectivity index (χ4v) is 4.37. The maximum absolute atomic E-state index is 12.9. The normalized spacial score (nSPS) is 14.2. The Morgan fingerprint density at radius 3 is 2.70 bits per heavy atom. The number of carbonyl (C=O) groups is 1. The molecular formula is C22H20Cl2N4O2. The Balaban J connectivity index is 1.73. The lowest BCUT2D eigenvalue weighted by Crippen LogP contribution is -2.40. The number of nitriles is 1. The Labute approximate surface area is 184 Å². The van der Waals surface area contributed by atoms with Gasteiger partial charge in [-0.1, -0.05) is 23.2 Å². The van der Waals surface area contributed by atoms with Crippen LogP contribution < -0.4 is 0 Å². The van der Waals surface area contributed by atoms with Gasteiger partial charge in [-0.3, -0.25) is 4.79 Å². The van der Waals surface area contributed by atoms with Crippen LogP contribution in [0.1, 0.15) is 32.7 Å². The molecule has 0 bridgehead atoms. The van der Waals surface area contributed by atoms with Crippen LogP contribution in [0.2, 0.25) is 10.2 Å². The summed E-state index contributed by atoms with van der Waals surface area (Å²) in [6, 6.07) is 8.00. The zero-order chi connectivity index (χ0) is 21.4. The molecule has 1 amide bonds. The summed E-state index contributed by atoms with van der Waals surface area (Å²) < 4.78 is 7.34. The van der Waals surface area contributed by atoms with Crippen molar-refractivity contribution >= 4 is 40.0 Å². The Bertz CT molecular complexity index is 1190. The second kappa shape index (κ2) is 8.27. The standard InChI is InChI=1S/C22H20Cl2N4O2/c1-13-7-14(11-25)8-19-16(13)9-15(27(19)2)10-17-20(23)18(12-26-21(17)24)22(29)28-3-5-30-6-4-28/h7-9,12H,3-6,10H2,1-2H3. The minimum absolute atomic E-state index is 0.166. The van der Waals surface area contributed by atoms with Crippen LogP contribution in [0.15, 0.2) is 24.4 Å². The highest BCUT2D eigenvalue weighted by molar-refractivity contribution is 6.37. The number of aromatic nitrogens is 2. The third-order valence-corrected chi connectivity index (χ3v) is 6.30. The van der Waals surface area contributed by atoms with Gasteiger partial charge >= 0.3 is 0 Å². The topological polar surface area (TPSA) is 71.2 Å². The van der Waals surface area contributed by atoms with Crippen LogP contribution in [0.3, 0.4) is 0 Å². The van der Waals surface area contributed by atoms with Gasteiger partial charge in [-0.25, -0.2) is 4.98 Å². The van der Waals surface area contributed by atoms with Crippen molar-refractivity contribution in [2.75, 3.05) is 26.3 Å². The molecule has 154 valence electrons. The molecule has 1 saturated heterocycles. The molecule has 1 aliphatic rings. The van der Waals surface area contributed by atoms with E-state index in [1.807, 2.05) is 30.7 Å². The number of hydrogen-bond acceptors (Lipinski definition) is 4. The zero-order valence-electron chi connectivity index (χ0n) is 16.7. The summed E-state index contributed by atoms with van der Waals surface area (Å²) in [7, 11) is 1.94. The summed E-state index contributed by atoms with van der Waals surface area (Å²) in [5, 5.41) is 10.9. The Morgan fingerprint density at radius 1 is 1.27 bits per heavy atom. The summed E-state index contributed by atoms with van der Waals surface area (Å²) in [6.45, 7) is 4.05. The van der Waals surface area contributed by atoms with E-state index >= 15 is 0 Å². The van der Waals surface area contributed by atoms with Crippen LogP contribution in [0.5, 0.6) is 0 Å². The SMILES string of the molecule is Cc1cc(C#N)cc2c1cc(Cc1c(Cl)ncc(C(=O)N3CCOCC3)c1Cl)n2C. The van der Waals surface area contributed by atoms with Crippen molar-refractivity contribution in [3.8, 4) is 6.07 Å². The second-order valence-corrected chi connectivity index (χ2v) is 8.10. The molecule has 2 aromatic heterocycles. The van der Waals surface area contributed by atoms with Crippen LogP contribution in [0.25, 0.3) is 10.9 Å². The molecule has 0 spiro atoms. The molecule has 0 unspecified atom stereocenters. The van der Waals surface area contributed by atoms with Gasteiger partial charge in [-0.15, -0.1) is 0 Å². The maximum Gasteiger partial charge on any atom is 0.257 e. The number of ether oxygens (including phenoxy) is 1. The molecule has 0 radical (unpaired) electrons. The van der Waals surface area contributed by atoms with E-state index < -0.39 is 0 Å². The van der Waals surface area contributed by atoms with Gasteiger partial charge in [0.05, 0.1) is 35.4 Å². The number of pyridine rings is 1. The van der Waals surface area contributed by atoms with Crippen molar-refractivity contribution in [2.24, 2.45) is 7.05 Å². The summed E-state index contributed by atoms with van der Waals surface area (Å²) in [5.74, 6) is -0.166. The molecule has 0 atom stereocenters. The van der Waals surface area contributed by atoms with Gasteiger partial charge in [0.25, 0.3) is 5.91 Å². The van der Waals surface area contributed by atoms with Crippen LogP contribution in [0.4, 0.5) is 0 Å². The van der Waals surface area contributed by atoms with E-state index in [4.69, 9.17) is 27.9 Å². The van der Waals surface area contributed by atoms with Crippen LogP contribution >= 0.6 is 23.2 Å². The number of morpholine rings is 1. The molecule has 8 heteroatoms. The number of aryl methyl sites for hydroxylation is 2. The van der Waals surface area contributed by atoms with Gasteiger partial charge in [0.1, 0.15) is 5.15 Å². The van der Waals surface area contributed by atoms with Crippen molar-refractivity contribution in [3.05, 3.63) is 62.5 Å². The Morgan fingerprint density at radius 2 is 2.00 bits per heavy atom. The Hall–Kier alpha value is -2.59. The summed E-state index contributed by atoms with van der Waals surface area (Å²) in [4.78, 5) is 18.9. The van der Waals surface area contributed by atoms with E-state index in [1.54, 1.807) is 4.90 Å². The monoisotopic (exact) mass is 442 g/mol. The van der Waals surface area contributed by atoms with Crippen molar-refractivity contribution in [3.63, 3.8) is 0 Å². The molecule has 30 heavy (non-hydrogen) atoms. The van der Waals surface area contributed by atoms with E-state index in [9.17, 15) is 10.1 Å². The maximum atomic E-state index is 12.9. The zero-order valence-corrected chi connectivity index (χ0v) is 18.2. The molecule has 0 saturated carbocycles. The fraction of sp³-hybridized carbons (Fsp3) is 0.318. The van der Waals surface area contributed by atoms with Crippen molar-refractivity contribution in [2.45, 2.75) is 13.3 Å². The number of carbonyl (C=O) groups excluding carboxylic acids is 1. The minimum atomic E-state index is -0.166. The quantitative estimate of drug-likeness (QED) is 0.571. The first-order valence-electron chi connectivity index (χ1n) is 9.59. The highest BCUT2D eigenvalue weighted by atomic mass is 35.5. The van der Waals surface area contributed by atoms with E-state index in [0.29, 0.717) is 54.4 Å². The first-order valence-corrected chi connectivity index (χ1v) is 10.3. The molecule has 0 N–H and O–H groups in total. The Kier molecular flexibility index (Phi) is 5.70. The average molecular weight is 443 g/mol. The first kappa shape index (κ1) is 20.7. The molecule has 4 rings (SSSR count). The average Bonchev–Trinajstić information content (AvgIpc) is 3.07. The largest absolute Gasteiger partial charge is 0.378 e. The lowest BCUT2D eigenvalue weighted by molar-refractivity contribution is 0.0302. The number of benzene rings is 1. The molecule has 1 fully saturated rings.